The third-order valence-electron chi connectivity index (χ3n) is 5.81. The van der Waals surface area contributed by atoms with E-state index < -0.39 is 0 Å². The first-order valence-electron chi connectivity index (χ1n) is 10.7. The smallest absolute Gasteiger partial charge is 0.255 e. The van der Waals surface area contributed by atoms with Crippen molar-refractivity contribution >= 4 is 17.3 Å². The Bertz CT molecular complexity index is 1030. The molecule has 32 heavy (non-hydrogen) atoms. The summed E-state index contributed by atoms with van der Waals surface area (Å²) < 4.78 is 0. The van der Waals surface area contributed by atoms with Gasteiger partial charge < -0.3 is 10.2 Å². The summed E-state index contributed by atoms with van der Waals surface area (Å²) >= 11 is 0. The predicted octanol–water partition coefficient (Wildman–Crippen LogP) is -0.303. The van der Waals surface area contributed by atoms with Crippen LogP contribution in [0.4, 0.5) is 5.69 Å². The molecule has 10 heteroatoms. The molecular formula is C22H28N7O3+. The molecule has 0 radical (unpaired) electrons. The van der Waals surface area contributed by atoms with Crippen LogP contribution in [0.3, 0.4) is 0 Å². The number of hydrogen-bond acceptors (Lipinski definition) is 9. The van der Waals surface area contributed by atoms with Gasteiger partial charge in [0.05, 0.1) is 12.7 Å². The highest BCUT2D eigenvalue weighted by Gasteiger charge is 2.37. The van der Waals surface area contributed by atoms with Gasteiger partial charge in [-0.15, -0.1) is 0 Å². The zero-order chi connectivity index (χ0) is 22.5. The normalized spacial score (nSPS) is 17.0. The number of aromatic nitrogens is 3. The van der Waals surface area contributed by atoms with Gasteiger partial charge in [-0.3, -0.25) is 19.5 Å². The minimum absolute atomic E-state index is 0.128. The molecule has 0 amide bonds. The Hall–Kier alpha value is -3.21. The van der Waals surface area contributed by atoms with Crippen molar-refractivity contribution in [3.8, 4) is 0 Å². The summed E-state index contributed by atoms with van der Waals surface area (Å²) in [5.74, 6) is -0.626. The van der Waals surface area contributed by atoms with E-state index in [-0.39, 0.29) is 34.2 Å². The number of quaternary nitrogens is 1. The molecular weight excluding hydrogens is 410 g/mol. The maximum Gasteiger partial charge on any atom is 0.255 e. The van der Waals surface area contributed by atoms with Gasteiger partial charge in [-0.25, -0.2) is 14.8 Å². The number of Topliss-reactive ketones (excluding diaryl/α,β-unsaturated/α-hetero) is 2. The van der Waals surface area contributed by atoms with Crippen LogP contribution in [-0.4, -0.2) is 77.8 Å². The molecule has 0 unspecified atom stereocenters. The number of nitrogens with two attached hydrogens (primary N) is 1. The molecule has 4 rings (SSSR count). The maximum absolute atomic E-state index is 12.9. The Morgan fingerprint density at radius 2 is 1.94 bits per heavy atom. The Balaban J connectivity index is 1.30. The van der Waals surface area contributed by atoms with Crippen molar-refractivity contribution in [2.24, 2.45) is 0 Å². The standard InChI is InChI=1S/C22H27N7O3/c1-15-12-23-6-4-17(15)29-10-8-28(9-11-29)7-3-5-25-19-20(27-32-2)21(30)16-13-24-14-26-18(16)22(19)31/h4,6,12-14,25,27H,3,5,7-11H2,1-2H3/p+1. The topological polar surface area (TPSA) is 117 Å². The van der Waals surface area contributed by atoms with Crippen molar-refractivity contribution in [2.75, 3.05) is 51.3 Å². The highest BCUT2D eigenvalue weighted by atomic mass is 16.6. The van der Waals surface area contributed by atoms with Crippen molar-refractivity contribution < 1.29 is 19.9 Å². The predicted molar refractivity (Wildman–Crippen MR) is 117 cm³/mol. The molecule has 0 aromatic carbocycles. The molecule has 0 saturated carbocycles. The van der Waals surface area contributed by atoms with Gasteiger partial charge in [0.15, 0.2) is 5.70 Å². The lowest BCUT2D eigenvalue weighted by atomic mass is 9.96. The van der Waals surface area contributed by atoms with Gasteiger partial charge in [0.2, 0.25) is 11.5 Å². The van der Waals surface area contributed by atoms with Crippen molar-refractivity contribution in [1.82, 2.24) is 25.2 Å². The van der Waals surface area contributed by atoms with Gasteiger partial charge in [0.25, 0.3) is 5.78 Å². The number of pyridine rings is 1. The molecule has 1 fully saturated rings. The lowest BCUT2D eigenvalue weighted by Crippen LogP contribution is -2.83. The average Bonchev–Trinajstić information content (AvgIpc) is 2.82. The lowest BCUT2D eigenvalue weighted by Gasteiger charge is -2.36. The van der Waals surface area contributed by atoms with Crippen LogP contribution in [0.2, 0.25) is 0 Å². The minimum Gasteiger partial charge on any atom is -0.377 e. The van der Waals surface area contributed by atoms with Gasteiger partial charge >= 0.3 is 0 Å². The number of carbonyl (C=O) groups excluding carboxylic acids is 2. The van der Waals surface area contributed by atoms with Gasteiger partial charge in [0.1, 0.15) is 12.0 Å². The average molecular weight is 439 g/mol. The fraction of sp³-hybridized carbons (Fsp3) is 0.409. The molecule has 1 aliphatic carbocycles. The number of carbonyl (C=O) groups is 2. The first kappa shape index (κ1) is 22.0. The summed E-state index contributed by atoms with van der Waals surface area (Å²) in [5, 5.41) is 3.15. The number of allylic oxidation sites excluding steroid dienone is 2. The largest absolute Gasteiger partial charge is 0.377 e. The summed E-state index contributed by atoms with van der Waals surface area (Å²) in [4.78, 5) is 47.5. The van der Waals surface area contributed by atoms with Crippen molar-refractivity contribution in [3.05, 3.63) is 59.2 Å². The van der Waals surface area contributed by atoms with E-state index in [1.807, 2.05) is 12.4 Å². The number of anilines is 1. The summed E-state index contributed by atoms with van der Waals surface area (Å²) in [6, 6.07) is 2.07. The van der Waals surface area contributed by atoms with Crippen LogP contribution in [0.5, 0.6) is 0 Å². The number of piperazine rings is 1. The van der Waals surface area contributed by atoms with Gasteiger partial charge in [0, 0.05) is 57.0 Å². The summed E-state index contributed by atoms with van der Waals surface area (Å²) in [6.45, 7) is 7.47. The molecule has 10 nitrogen and oxygen atoms in total. The number of nitrogens with zero attached hydrogens (tertiary/aromatic N) is 5. The van der Waals surface area contributed by atoms with E-state index >= 15 is 0 Å². The quantitative estimate of drug-likeness (QED) is 0.423. The molecule has 168 valence electrons. The minimum atomic E-state index is -0.313. The van der Waals surface area contributed by atoms with Crippen molar-refractivity contribution in [2.45, 2.75) is 13.3 Å². The number of nitrogens with one attached hydrogen (secondary N) is 1. The van der Waals surface area contributed by atoms with E-state index in [0.29, 0.717) is 6.54 Å². The van der Waals surface area contributed by atoms with Crippen LogP contribution >= 0.6 is 0 Å². The van der Waals surface area contributed by atoms with Gasteiger partial charge in [-0.05, 0) is 31.5 Å². The highest BCUT2D eigenvalue weighted by Crippen LogP contribution is 2.21. The third-order valence-corrected chi connectivity index (χ3v) is 5.81. The van der Waals surface area contributed by atoms with Crippen LogP contribution in [0.1, 0.15) is 32.8 Å². The molecule has 2 aromatic heterocycles. The molecule has 0 spiro atoms. The van der Waals surface area contributed by atoms with Crippen LogP contribution in [0.15, 0.2) is 42.4 Å². The van der Waals surface area contributed by atoms with Crippen LogP contribution in [-0.2, 0) is 4.84 Å². The van der Waals surface area contributed by atoms with Gasteiger partial charge in [-0.2, -0.15) is 5.48 Å². The monoisotopic (exact) mass is 438 g/mol. The second-order valence-electron chi connectivity index (χ2n) is 7.86. The zero-order valence-corrected chi connectivity index (χ0v) is 18.4. The second kappa shape index (κ2) is 9.94. The van der Waals surface area contributed by atoms with Crippen LogP contribution in [0, 0.1) is 6.92 Å². The fourth-order valence-corrected chi connectivity index (χ4v) is 4.13. The first-order chi connectivity index (χ1) is 15.6. The Labute approximate surface area is 186 Å². The maximum atomic E-state index is 12.9. The molecule has 3 heterocycles. The van der Waals surface area contributed by atoms with E-state index in [9.17, 15) is 9.59 Å². The Morgan fingerprint density at radius 3 is 2.69 bits per heavy atom. The number of rotatable bonds is 8. The van der Waals surface area contributed by atoms with Crippen LogP contribution in [0.25, 0.3) is 0 Å². The molecule has 1 aliphatic heterocycles. The second-order valence-corrected chi connectivity index (χ2v) is 7.86. The molecule has 0 bridgehead atoms. The summed E-state index contributed by atoms with van der Waals surface area (Å²) in [5.41, 5.74) is 4.53. The molecule has 2 aliphatic rings. The fourth-order valence-electron chi connectivity index (χ4n) is 4.13. The van der Waals surface area contributed by atoms with Crippen molar-refractivity contribution in [3.63, 3.8) is 0 Å². The summed E-state index contributed by atoms with van der Waals surface area (Å²) in [6.07, 6.45) is 7.23. The molecule has 1 saturated heterocycles. The molecule has 3 N–H and O–H groups in total. The van der Waals surface area contributed by atoms with E-state index in [2.05, 4.69) is 43.1 Å². The van der Waals surface area contributed by atoms with Crippen molar-refractivity contribution in [1.29, 1.82) is 0 Å². The number of ketones is 2. The Morgan fingerprint density at radius 1 is 1.12 bits per heavy atom. The van der Waals surface area contributed by atoms with E-state index in [0.717, 1.165) is 39.1 Å². The van der Waals surface area contributed by atoms with E-state index in [4.69, 9.17) is 4.84 Å². The molecule has 2 aromatic rings. The lowest BCUT2D eigenvalue weighted by molar-refractivity contribution is -0.850. The third kappa shape index (κ3) is 4.52. The number of hydroxylamine groups is 1. The number of aryl methyl sites for hydroxylation is 1. The number of fused-ring (bicyclic) bond motifs is 1. The molecule has 0 atom stereocenters. The summed E-state index contributed by atoms with van der Waals surface area (Å²) in [7, 11) is 1.45. The van der Waals surface area contributed by atoms with Gasteiger partial charge in [-0.1, -0.05) is 0 Å². The first-order valence-corrected chi connectivity index (χ1v) is 10.7. The van der Waals surface area contributed by atoms with Crippen LogP contribution < -0.4 is 15.7 Å². The highest BCUT2D eigenvalue weighted by molar-refractivity contribution is 6.24. The zero-order valence-electron chi connectivity index (χ0n) is 18.4. The number of hydrogen-bond donors (Lipinski definition) is 2. The van der Waals surface area contributed by atoms with E-state index in [1.54, 1.807) is 0 Å². The Kier molecular flexibility index (Phi) is 6.84. The SMILES string of the molecule is CO[NH2+]C1=C(NCCCN2CCN(c3ccncc3C)CC2)C(=O)c2ncncc2C1=O. The van der Waals surface area contributed by atoms with E-state index in [1.165, 1.54) is 36.4 Å².